The number of aromatic nitrogens is 2. The number of anilines is 3. The predicted octanol–water partition coefficient (Wildman–Crippen LogP) is 4.48. The van der Waals surface area contributed by atoms with Crippen LogP contribution in [0.2, 0.25) is 0 Å². The Morgan fingerprint density at radius 2 is 1.77 bits per heavy atom. The van der Waals surface area contributed by atoms with Gasteiger partial charge in [0.2, 0.25) is 5.95 Å². The Labute approximate surface area is 193 Å². The Bertz CT molecular complexity index is 1020. The van der Waals surface area contributed by atoms with Gasteiger partial charge in [-0.05, 0) is 78.8 Å². The van der Waals surface area contributed by atoms with Crippen molar-refractivity contribution in [1.29, 1.82) is 0 Å². The fraction of sp³-hybridized carbons (Fsp3) is 0.500. The smallest absolute Gasteiger partial charge is 0.282 e. The third-order valence-corrected chi connectivity index (χ3v) is 7.21. The van der Waals surface area contributed by atoms with Gasteiger partial charge in [0.15, 0.2) is 0 Å². The first-order valence-electron chi connectivity index (χ1n) is 10.6. The molecule has 3 fully saturated rings. The van der Waals surface area contributed by atoms with Gasteiger partial charge in [-0.1, -0.05) is 0 Å². The molecule has 1 aliphatic carbocycles. The number of halogens is 3. The van der Waals surface area contributed by atoms with Crippen molar-refractivity contribution < 1.29 is 13.6 Å². The summed E-state index contributed by atoms with van der Waals surface area (Å²) in [6, 6.07) is 7.48. The molecule has 0 bridgehead atoms. The average Bonchev–Trinajstić information content (AvgIpc) is 3.45. The third-order valence-electron chi connectivity index (χ3n) is 6.54. The minimum absolute atomic E-state index is 0.217. The Morgan fingerprint density at radius 1 is 1.06 bits per heavy atom. The number of nitrogens with zero attached hydrogens (tertiary/aromatic N) is 4. The number of amides is 1. The van der Waals surface area contributed by atoms with Crippen LogP contribution in [0.15, 0.2) is 24.3 Å². The van der Waals surface area contributed by atoms with Crippen molar-refractivity contribution in [3.63, 3.8) is 0 Å². The molecule has 31 heavy (non-hydrogen) atoms. The fourth-order valence-electron chi connectivity index (χ4n) is 4.45. The highest BCUT2D eigenvalue weighted by molar-refractivity contribution is 14.1. The van der Waals surface area contributed by atoms with E-state index in [2.05, 4.69) is 48.8 Å². The normalized spacial score (nSPS) is 21.0. The van der Waals surface area contributed by atoms with E-state index in [1.807, 2.05) is 12.1 Å². The van der Waals surface area contributed by atoms with Crippen LogP contribution in [0.3, 0.4) is 0 Å². The number of carbonyl (C=O) groups is 1. The Morgan fingerprint density at radius 3 is 2.42 bits per heavy atom. The molecule has 0 unspecified atom stereocenters. The summed E-state index contributed by atoms with van der Waals surface area (Å²) in [6.45, 7) is 2.88. The van der Waals surface area contributed by atoms with Crippen molar-refractivity contribution in [2.75, 3.05) is 41.3 Å². The van der Waals surface area contributed by atoms with Crippen molar-refractivity contribution >= 4 is 46.0 Å². The van der Waals surface area contributed by atoms with Gasteiger partial charge < -0.3 is 15.1 Å². The maximum Gasteiger partial charge on any atom is 0.282 e. The third kappa shape index (κ3) is 4.33. The molecular formula is C22H24F2IN5O. The summed E-state index contributed by atoms with van der Waals surface area (Å²) < 4.78 is 27.6. The van der Waals surface area contributed by atoms with Crippen LogP contribution < -0.4 is 15.1 Å². The molecule has 3 heterocycles. The van der Waals surface area contributed by atoms with Crippen LogP contribution in [0, 0.1) is 15.9 Å². The highest BCUT2D eigenvalue weighted by Gasteiger charge is 2.46. The van der Waals surface area contributed by atoms with Crippen LogP contribution in [0.5, 0.6) is 0 Å². The lowest BCUT2D eigenvalue weighted by molar-refractivity contribution is -0.0271. The first-order chi connectivity index (χ1) is 14.7. The van der Waals surface area contributed by atoms with Crippen LogP contribution >= 0.6 is 22.6 Å². The number of nitrogens with one attached hydrogen (secondary N) is 1. The van der Waals surface area contributed by atoms with E-state index in [1.165, 1.54) is 30.6 Å². The van der Waals surface area contributed by atoms with Gasteiger partial charge in [0.1, 0.15) is 5.82 Å². The molecule has 9 heteroatoms. The van der Waals surface area contributed by atoms with Crippen LogP contribution in [-0.4, -0.2) is 48.0 Å². The summed E-state index contributed by atoms with van der Waals surface area (Å²) in [4.78, 5) is 25.4. The van der Waals surface area contributed by atoms with Gasteiger partial charge in [-0.2, -0.15) is 4.98 Å². The van der Waals surface area contributed by atoms with E-state index < -0.39 is 19.0 Å². The van der Waals surface area contributed by atoms with E-state index in [0.29, 0.717) is 22.5 Å². The zero-order valence-electron chi connectivity index (χ0n) is 17.3. The number of hydrogen-bond acceptors (Lipinski definition) is 5. The largest absolute Gasteiger partial charge is 0.371 e. The SMILES string of the molecule is Cc1cc(NC(=O)c2ccc(I)cc2N2CCC3(CC2)CC3)nc(N2CC(F)(F)C2)n1. The van der Waals surface area contributed by atoms with Gasteiger partial charge in [0.25, 0.3) is 11.8 Å². The van der Waals surface area contributed by atoms with Gasteiger partial charge in [-0.25, -0.2) is 13.8 Å². The first-order valence-corrected chi connectivity index (χ1v) is 11.6. The number of rotatable bonds is 4. The molecule has 1 saturated carbocycles. The molecule has 1 aromatic heterocycles. The highest BCUT2D eigenvalue weighted by atomic mass is 127. The summed E-state index contributed by atoms with van der Waals surface area (Å²) in [7, 11) is 0. The molecule has 2 aromatic rings. The summed E-state index contributed by atoms with van der Waals surface area (Å²) in [5, 5.41) is 2.86. The van der Waals surface area contributed by atoms with E-state index in [1.54, 1.807) is 13.0 Å². The van der Waals surface area contributed by atoms with Crippen LogP contribution in [0.1, 0.15) is 41.7 Å². The summed E-state index contributed by atoms with van der Waals surface area (Å²) in [5.74, 6) is -2.42. The molecule has 1 N–H and O–H groups in total. The van der Waals surface area contributed by atoms with E-state index in [9.17, 15) is 13.6 Å². The molecular weight excluding hydrogens is 515 g/mol. The number of piperidine rings is 1. The molecule has 6 nitrogen and oxygen atoms in total. The standard InChI is InChI=1S/C22H24F2IN5O/c1-14-10-18(28-20(26-14)30-12-22(23,24)13-30)27-19(31)16-3-2-15(25)11-17(16)29-8-6-21(4-5-21)7-9-29/h2-3,10-11H,4-9,12-13H2,1H3,(H,26,27,28,31). The number of alkyl halides is 2. The fourth-order valence-corrected chi connectivity index (χ4v) is 4.93. The molecule has 1 aromatic carbocycles. The molecule has 1 amide bonds. The van der Waals surface area contributed by atoms with E-state index in [0.717, 1.165) is 22.3 Å². The minimum Gasteiger partial charge on any atom is -0.371 e. The van der Waals surface area contributed by atoms with Crippen molar-refractivity contribution in [1.82, 2.24) is 9.97 Å². The Kier molecular flexibility index (Phi) is 5.06. The van der Waals surface area contributed by atoms with Gasteiger partial charge in [-0.15, -0.1) is 0 Å². The van der Waals surface area contributed by atoms with Crippen molar-refractivity contribution in [2.24, 2.45) is 5.41 Å². The summed E-state index contributed by atoms with van der Waals surface area (Å²) in [6.07, 6.45) is 5.01. The van der Waals surface area contributed by atoms with E-state index in [4.69, 9.17) is 0 Å². The van der Waals surface area contributed by atoms with Crippen molar-refractivity contribution in [3.8, 4) is 0 Å². The van der Waals surface area contributed by atoms with Crippen LogP contribution in [0.4, 0.5) is 26.2 Å². The number of hydrogen-bond donors (Lipinski definition) is 1. The molecule has 2 saturated heterocycles. The lowest BCUT2D eigenvalue weighted by atomic mass is 9.93. The summed E-state index contributed by atoms with van der Waals surface area (Å²) >= 11 is 2.27. The topological polar surface area (TPSA) is 61.4 Å². The second kappa shape index (κ2) is 7.53. The quantitative estimate of drug-likeness (QED) is 0.581. The molecule has 0 radical (unpaired) electrons. The van der Waals surface area contributed by atoms with E-state index >= 15 is 0 Å². The molecule has 1 spiro atoms. The van der Waals surface area contributed by atoms with Crippen molar-refractivity contribution in [3.05, 3.63) is 39.1 Å². The zero-order valence-corrected chi connectivity index (χ0v) is 19.5. The van der Waals surface area contributed by atoms with Crippen molar-refractivity contribution in [2.45, 2.75) is 38.5 Å². The molecule has 2 aliphatic heterocycles. The lowest BCUT2D eigenvalue weighted by Gasteiger charge is -2.38. The second-order valence-corrected chi connectivity index (χ2v) is 10.3. The van der Waals surface area contributed by atoms with Crippen LogP contribution in [0.25, 0.3) is 0 Å². The minimum atomic E-state index is -2.71. The van der Waals surface area contributed by atoms with E-state index in [-0.39, 0.29) is 11.9 Å². The Balaban J connectivity index is 1.35. The first kappa shape index (κ1) is 20.8. The van der Waals surface area contributed by atoms with Gasteiger partial charge in [-0.3, -0.25) is 4.79 Å². The maximum atomic E-state index is 13.2. The zero-order chi connectivity index (χ0) is 21.8. The average molecular weight is 539 g/mol. The maximum absolute atomic E-state index is 13.2. The van der Waals surface area contributed by atoms with Gasteiger partial charge in [0.05, 0.1) is 24.3 Å². The Hall–Kier alpha value is -2.04. The number of carbonyl (C=O) groups excluding carboxylic acids is 1. The molecule has 3 aliphatic rings. The van der Waals surface area contributed by atoms with Crippen LogP contribution in [-0.2, 0) is 0 Å². The molecule has 0 atom stereocenters. The van der Waals surface area contributed by atoms with Gasteiger partial charge >= 0.3 is 0 Å². The summed E-state index contributed by atoms with van der Waals surface area (Å²) in [5.41, 5.74) is 2.71. The number of aryl methyl sites for hydroxylation is 1. The van der Waals surface area contributed by atoms with Gasteiger partial charge in [0, 0.05) is 28.4 Å². The molecule has 5 rings (SSSR count). The number of benzene rings is 1. The molecule has 164 valence electrons. The lowest BCUT2D eigenvalue weighted by Crippen LogP contribution is -2.57. The second-order valence-electron chi connectivity index (χ2n) is 9.01. The predicted molar refractivity (Wildman–Crippen MR) is 124 cm³/mol. The highest BCUT2D eigenvalue weighted by Crippen LogP contribution is 2.54. The monoisotopic (exact) mass is 539 g/mol.